The number of rotatable bonds is 4. The zero-order chi connectivity index (χ0) is 18.8. The number of amides is 1. The van der Waals surface area contributed by atoms with Crippen LogP contribution in [0.25, 0.3) is 21.9 Å². The summed E-state index contributed by atoms with van der Waals surface area (Å²) in [4.78, 5) is 25.2. The zero-order valence-electron chi connectivity index (χ0n) is 15.3. The van der Waals surface area contributed by atoms with E-state index in [1.54, 1.807) is 0 Å². The minimum absolute atomic E-state index is 0.0198. The van der Waals surface area contributed by atoms with Crippen molar-refractivity contribution in [2.75, 3.05) is 32.1 Å². The maximum Gasteiger partial charge on any atom is 0.309 e. The lowest BCUT2D eigenvalue weighted by atomic mass is 9.97. The van der Waals surface area contributed by atoms with Crippen LogP contribution in [-0.2, 0) is 14.3 Å². The maximum absolute atomic E-state index is 12.4. The number of furan rings is 1. The number of hydrogen-bond donors (Lipinski definition) is 2. The van der Waals surface area contributed by atoms with E-state index in [2.05, 4.69) is 5.32 Å². The number of hydrogen-bond acceptors (Lipinski definition) is 4. The summed E-state index contributed by atoms with van der Waals surface area (Å²) in [5, 5.41) is 5.02. The van der Waals surface area contributed by atoms with E-state index in [1.807, 2.05) is 42.5 Å². The molecule has 2 aromatic carbocycles. The monoisotopic (exact) mass is 367 g/mol. The van der Waals surface area contributed by atoms with Crippen molar-refractivity contribution in [1.82, 2.24) is 0 Å². The second-order valence-electron chi connectivity index (χ2n) is 7.08. The van der Waals surface area contributed by atoms with Gasteiger partial charge in [-0.3, -0.25) is 9.59 Å². The van der Waals surface area contributed by atoms with Crippen molar-refractivity contribution in [3.8, 4) is 0 Å². The third kappa shape index (κ3) is 3.66. The summed E-state index contributed by atoms with van der Waals surface area (Å²) in [6.07, 6.45) is 1.53. The second kappa shape index (κ2) is 7.40. The van der Waals surface area contributed by atoms with Crippen LogP contribution < -0.4 is 10.2 Å². The predicted octanol–water partition coefficient (Wildman–Crippen LogP) is 1.99. The Morgan fingerprint density at radius 2 is 1.85 bits per heavy atom. The lowest BCUT2D eigenvalue weighted by Crippen LogP contribution is -3.14. The number of methoxy groups -OCH3 is 1. The number of ether oxygens (including phenoxy) is 1. The summed E-state index contributed by atoms with van der Waals surface area (Å²) in [5.74, 6) is -0.189. The van der Waals surface area contributed by atoms with Crippen LogP contribution in [0.4, 0.5) is 5.69 Å². The summed E-state index contributed by atoms with van der Waals surface area (Å²) in [5.41, 5.74) is 2.42. The average molecular weight is 367 g/mol. The molecule has 1 aromatic heterocycles. The first-order valence-electron chi connectivity index (χ1n) is 9.26. The number of fused-ring (bicyclic) bond motifs is 3. The van der Waals surface area contributed by atoms with Gasteiger partial charge in [0.2, 0.25) is 0 Å². The van der Waals surface area contributed by atoms with Gasteiger partial charge in [-0.1, -0.05) is 18.2 Å². The molecule has 0 spiro atoms. The van der Waals surface area contributed by atoms with Gasteiger partial charge in [0.25, 0.3) is 5.91 Å². The number of likely N-dealkylation sites (tertiary alicyclic amines) is 1. The fourth-order valence-corrected chi connectivity index (χ4v) is 3.84. The molecule has 140 valence electrons. The highest BCUT2D eigenvalue weighted by Gasteiger charge is 2.29. The van der Waals surface area contributed by atoms with Gasteiger partial charge >= 0.3 is 5.97 Å². The molecule has 0 saturated carbocycles. The molecule has 1 fully saturated rings. The minimum Gasteiger partial charge on any atom is -0.469 e. The Bertz CT molecular complexity index is 986. The second-order valence-corrected chi connectivity index (χ2v) is 7.08. The smallest absolute Gasteiger partial charge is 0.309 e. The fraction of sp³-hybridized carbons (Fsp3) is 0.333. The minimum atomic E-state index is -0.140. The summed E-state index contributed by atoms with van der Waals surface area (Å²) >= 11 is 0. The van der Waals surface area contributed by atoms with Crippen molar-refractivity contribution in [3.05, 3.63) is 42.5 Å². The molecule has 2 N–H and O–H groups in total. The molecule has 1 amide bonds. The van der Waals surface area contributed by atoms with E-state index < -0.39 is 0 Å². The van der Waals surface area contributed by atoms with E-state index in [1.165, 1.54) is 12.0 Å². The third-order valence-corrected chi connectivity index (χ3v) is 5.30. The van der Waals surface area contributed by atoms with Crippen LogP contribution in [0.1, 0.15) is 12.8 Å². The van der Waals surface area contributed by atoms with E-state index >= 15 is 0 Å². The largest absolute Gasteiger partial charge is 0.469 e. The molecule has 0 atom stereocenters. The van der Waals surface area contributed by atoms with Gasteiger partial charge in [-0.25, -0.2) is 0 Å². The number of carbonyl (C=O) groups is 2. The molecule has 0 unspecified atom stereocenters. The predicted molar refractivity (Wildman–Crippen MR) is 103 cm³/mol. The Kier molecular flexibility index (Phi) is 4.81. The van der Waals surface area contributed by atoms with Gasteiger partial charge in [0, 0.05) is 29.3 Å². The summed E-state index contributed by atoms with van der Waals surface area (Å²) < 4.78 is 10.6. The topological polar surface area (TPSA) is 73.0 Å². The number of piperidine rings is 1. The van der Waals surface area contributed by atoms with E-state index in [9.17, 15) is 9.59 Å². The normalized spacial score (nSPS) is 19.9. The Morgan fingerprint density at radius 1 is 1.11 bits per heavy atom. The van der Waals surface area contributed by atoms with Gasteiger partial charge in [0.15, 0.2) is 6.54 Å². The molecular formula is C21H23N2O4+. The Hall–Kier alpha value is -2.86. The molecular weight excluding hydrogens is 344 g/mol. The highest BCUT2D eigenvalue weighted by molar-refractivity contribution is 6.06. The first-order chi connectivity index (χ1) is 13.1. The number of para-hydroxylation sites is 1. The molecule has 6 nitrogen and oxygen atoms in total. The molecule has 3 aromatic rings. The standard InChI is InChI=1S/C21H22N2O4/c1-26-21(25)14-8-10-23(11-9-14)13-20(24)22-15-6-7-19-17(12-15)16-4-2-3-5-18(16)27-19/h2-7,12,14H,8-11,13H2,1H3,(H,22,24)/p+1. The van der Waals surface area contributed by atoms with Crippen molar-refractivity contribution in [2.24, 2.45) is 5.92 Å². The van der Waals surface area contributed by atoms with Crippen molar-refractivity contribution in [1.29, 1.82) is 0 Å². The van der Waals surface area contributed by atoms with E-state index in [0.29, 0.717) is 6.54 Å². The summed E-state index contributed by atoms with van der Waals surface area (Å²) in [7, 11) is 1.43. The Labute approximate surface area is 157 Å². The molecule has 1 aliphatic rings. The zero-order valence-corrected chi connectivity index (χ0v) is 15.3. The van der Waals surface area contributed by atoms with E-state index in [4.69, 9.17) is 9.15 Å². The molecule has 0 bridgehead atoms. The van der Waals surface area contributed by atoms with Gasteiger partial charge in [-0.05, 0) is 24.3 Å². The lowest BCUT2D eigenvalue weighted by Gasteiger charge is -2.27. The number of carbonyl (C=O) groups excluding carboxylic acids is 2. The van der Waals surface area contributed by atoms with Gasteiger partial charge < -0.3 is 19.4 Å². The molecule has 27 heavy (non-hydrogen) atoms. The average Bonchev–Trinajstić information content (AvgIpc) is 3.06. The molecule has 6 heteroatoms. The maximum atomic E-state index is 12.4. The van der Waals surface area contributed by atoms with Crippen LogP contribution in [0.15, 0.2) is 46.9 Å². The van der Waals surface area contributed by atoms with Crippen LogP contribution in [0.5, 0.6) is 0 Å². The van der Waals surface area contributed by atoms with Gasteiger partial charge in [-0.2, -0.15) is 0 Å². The third-order valence-electron chi connectivity index (χ3n) is 5.30. The summed E-state index contributed by atoms with van der Waals surface area (Å²) in [6.45, 7) is 2.01. The van der Waals surface area contributed by atoms with Crippen LogP contribution >= 0.6 is 0 Å². The SMILES string of the molecule is COC(=O)C1CC[NH+](CC(=O)Nc2ccc3oc4ccccc4c3c2)CC1. The number of anilines is 1. The van der Waals surface area contributed by atoms with E-state index in [-0.39, 0.29) is 17.8 Å². The van der Waals surface area contributed by atoms with Crippen LogP contribution in [0.2, 0.25) is 0 Å². The Balaban J connectivity index is 1.40. The number of benzene rings is 2. The molecule has 1 saturated heterocycles. The van der Waals surface area contributed by atoms with Gasteiger partial charge in [-0.15, -0.1) is 0 Å². The molecule has 2 heterocycles. The van der Waals surface area contributed by atoms with Crippen molar-refractivity contribution in [3.63, 3.8) is 0 Å². The van der Waals surface area contributed by atoms with Crippen molar-refractivity contribution < 1.29 is 23.6 Å². The number of nitrogens with one attached hydrogen (secondary N) is 2. The van der Waals surface area contributed by atoms with Crippen LogP contribution in [-0.4, -0.2) is 38.6 Å². The van der Waals surface area contributed by atoms with Crippen LogP contribution in [0, 0.1) is 5.92 Å². The van der Waals surface area contributed by atoms with Gasteiger partial charge in [0.1, 0.15) is 11.2 Å². The highest BCUT2D eigenvalue weighted by atomic mass is 16.5. The fourth-order valence-electron chi connectivity index (χ4n) is 3.84. The number of quaternary nitrogens is 1. The van der Waals surface area contributed by atoms with Gasteiger partial charge in [0.05, 0.1) is 26.1 Å². The highest BCUT2D eigenvalue weighted by Crippen LogP contribution is 2.30. The van der Waals surface area contributed by atoms with E-state index in [0.717, 1.165) is 53.6 Å². The lowest BCUT2D eigenvalue weighted by molar-refractivity contribution is -0.897. The van der Waals surface area contributed by atoms with Crippen molar-refractivity contribution in [2.45, 2.75) is 12.8 Å². The number of esters is 1. The molecule has 0 aliphatic carbocycles. The van der Waals surface area contributed by atoms with Crippen LogP contribution in [0.3, 0.4) is 0 Å². The first-order valence-corrected chi connectivity index (χ1v) is 9.26. The summed E-state index contributed by atoms with van der Waals surface area (Å²) in [6, 6.07) is 13.6. The molecule has 1 aliphatic heterocycles. The molecule has 4 rings (SSSR count). The molecule has 0 radical (unpaired) electrons. The Morgan fingerprint density at radius 3 is 2.63 bits per heavy atom. The van der Waals surface area contributed by atoms with Crippen molar-refractivity contribution >= 4 is 39.5 Å². The first kappa shape index (κ1) is 17.5. The quantitative estimate of drug-likeness (QED) is 0.692.